The lowest BCUT2D eigenvalue weighted by molar-refractivity contribution is 0.0952. The van der Waals surface area contributed by atoms with E-state index < -0.39 is 0 Å². The quantitative estimate of drug-likeness (QED) is 0.725. The van der Waals surface area contributed by atoms with E-state index in [0.29, 0.717) is 22.2 Å². The summed E-state index contributed by atoms with van der Waals surface area (Å²) < 4.78 is 0. The summed E-state index contributed by atoms with van der Waals surface area (Å²) in [6.07, 6.45) is 3.35. The Hall–Kier alpha value is -2.43. The number of hydrogen-bond acceptors (Lipinski definition) is 3. The normalized spacial score (nSPS) is 11.8. The van der Waals surface area contributed by atoms with Gasteiger partial charge in [-0.05, 0) is 35.4 Å². The standard InChI is InChI=1S/C19H15Cl2N3O/c20-15-6-7-16(18(21)10-15)19(25)22-12-17(13-4-2-1-3-5-13)14-8-9-23-24-11-14/h1-11,17H,12H2,(H,22,25). The van der Waals surface area contributed by atoms with Gasteiger partial charge in [-0.1, -0.05) is 53.5 Å². The van der Waals surface area contributed by atoms with Gasteiger partial charge in [-0.3, -0.25) is 4.79 Å². The number of aromatic nitrogens is 2. The van der Waals surface area contributed by atoms with Crippen LogP contribution in [0.2, 0.25) is 10.0 Å². The van der Waals surface area contributed by atoms with Crippen LogP contribution in [0.1, 0.15) is 27.4 Å². The Morgan fingerprint density at radius 3 is 2.48 bits per heavy atom. The summed E-state index contributed by atoms with van der Waals surface area (Å²) in [5, 5.41) is 11.5. The van der Waals surface area contributed by atoms with Crippen LogP contribution in [0.4, 0.5) is 0 Å². The molecule has 0 spiro atoms. The molecule has 4 nitrogen and oxygen atoms in total. The molecule has 1 unspecified atom stereocenters. The van der Waals surface area contributed by atoms with Crippen molar-refractivity contribution in [3.05, 3.63) is 93.7 Å². The van der Waals surface area contributed by atoms with Crippen molar-refractivity contribution >= 4 is 29.1 Å². The first-order valence-corrected chi connectivity index (χ1v) is 8.45. The van der Waals surface area contributed by atoms with Gasteiger partial charge in [0.2, 0.25) is 0 Å². The van der Waals surface area contributed by atoms with Crippen LogP contribution in [0.15, 0.2) is 67.0 Å². The third kappa shape index (κ3) is 4.35. The number of carbonyl (C=O) groups is 1. The van der Waals surface area contributed by atoms with Crippen LogP contribution >= 0.6 is 23.2 Å². The Labute approximate surface area is 155 Å². The average Bonchev–Trinajstić information content (AvgIpc) is 2.63. The molecule has 25 heavy (non-hydrogen) atoms. The minimum absolute atomic E-state index is 0.0354. The highest BCUT2D eigenvalue weighted by Crippen LogP contribution is 2.24. The zero-order chi connectivity index (χ0) is 17.6. The van der Waals surface area contributed by atoms with Gasteiger partial charge in [-0.2, -0.15) is 10.2 Å². The number of nitrogens with zero attached hydrogens (tertiary/aromatic N) is 2. The molecule has 0 aliphatic carbocycles. The predicted molar refractivity (Wildman–Crippen MR) is 99.1 cm³/mol. The Bertz CT molecular complexity index is 818. The molecule has 0 saturated carbocycles. The molecule has 0 saturated heterocycles. The molecule has 0 aliphatic rings. The molecule has 3 rings (SSSR count). The average molecular weight is 372 g/mol. The molecule has 1 heterocycles. The van der Waals surface area contributed by atoms with Crippen molar-refractivity contribution in [3.63, 3.8) is 0 Å². The molecule has 0 fully saturated rings. The fraction of sp³-hybridized carbons (Fsp3) is 0.105. The zero-order valence-corrected chi connectivity index (χ0v) is 14.7. The second-order valence-electron chi connectivity index (χ2n) is 5.47. The fourth-order valence-corrected chi connectivity index (χ4v) is 3.08. The number of halogens is 2. The van der Waals surface area contributed by atoms with Gasteiger partial charge in [0, 0.05) is 23.7 Å². The molecule has 1 aromatic heterocycles. The van der Waals surface area contributed by atoms with Crippen LogP contribution in [0.5, 0.6) is 0 Å². The zero-order valence-electron chi connectivity index (χ0n) is 13.2. The maximum absolute atomic E-state index is 12.5. The highest BCUT2D eigenvalue weighted by atomic mass is 35.5. The number of amides is 1. The van der Waals surface area contributed by atoms with Crippen molar-refractivity contribution in [1.82, 2.24) is 15.5 Å². The van der Waals surface area contributed by atoms with Crippen molar-refractivity contribution in [2.75, 3.05) is 6.54 Å². The SMILES string of the molecule is O=C(NCC(c1ccccc1)c1ccnnc1)c1ccc(Cl)cc1Cl. The molecule has 3 aromatic rings. The molecule has 6 heteroatoms. The van der Waals surface area contributed by atoms with Gasteiger partial charge in [-0.15, -0.1) is 0 Å². The number of rotatable bonds is 5. The van der Waals surface area contributed by atoms with Gasteiger partial charge in [0.25, 0.3) is 5.91 Å². The molecule has 1 N–H and O–H groups in total. The molecule has 2 aromatic carbocycles. The Kier molecular flexibility index (Phi) is 5.64. The highest BCUT2D eigenvalue weighted by Gasteiger charge is 2.17. The Balaban J connectivity index is 1.80. The minimum atomic E-state index is -0.246. The van der Waals surface area contributed by atoms with E-state index >= 15 is 0 Å². The molecule has 0 radical (unpaired) electrons. The van der Waals surface area contributed by atoms with Crippen molar-refractivity contribution in [2.24, 2.45) is 0 Å². The van der Waals surface area contributed by atoms with E-state index in [9.17, 15) is 4.79 Å². The maximum atomic E-state index is 12.5. The number of nitrogens with one attached hydrogen (secondary N) is 1. The Morgan fingerprint density at radius 1 is 1.00 bits per heavy atom. The maximum Gasteiger partial charge on any atom is 0.252 e. The van der Waals surface area contributed by atoms with Gasteiger partial charge >= 0.3 is 0 Å². The lowest BCUT2D eigenvalue weighted by atomic mass is 9.92. The summed E-state index contributed by atoms with van der Waals surface area (Å²) in [7, 11) is 0. The van der Waals surface area contributed by atoms with E-state index in [1.54, 1.807) is 30.6 Å². The lowest BCUT2D eigenvalue weighted by Gasteiger charge is -2.18. The molecular weight excluding hydrogens is 357 g/mol. The third-order valence-corrected chi connectivity index (χ3v) is 4.40. The largest absolute Gasteiger partial charge is 0.351 e. The molecule has 1 amide bonds. The van der Waals surface area contributed by atoms with E-state index in [4.69, 9.17) is 23.2 Å². The lowest BCUT2D eigenvalue weighted by Crippen LogP contribution is -2.29. The van der Waals surface area contributed by atoms with Gasteiger partial charge in [-0.25, -0.2) is 0 Å². The first-order valence-electron chi connectivity index (χ1n) is 7.70. The van der Waals surface area contributed by atoms with E-state index in [0.717, 1.165) is 11.1 Å². The molecule has 0 aliphatic heterocycles. The molecule has 1 atom stereocenters. The first kappa shape index (κ1) is 17.4. The van der Waals surface area contributed by atoms with Crippen molar-refractivity contribution in [3.8, 4) is 0 Å². The smallest absolute Gasteiger partial charge is 0.252 e. The summed E-state index contributed by atoms with van der Waals surface area (Å²) in [6, 6.07) is 16.6. The van der Waals surface area contributed by atoms with Crippen molar-refractivity contribution < 1.29 is 4.79 Å². The van der Waals surface area contributed by atoms with E-state index in [2.05, 4.69) is 15.5 Å². The van der Waals surface area contributed by atoms with Crippen LogP contribution in [-0.2, 0) is 0 Å². The summed E-state index contributed by atoms with van der Waals surface area (Å²) in [5.74, 6) is -0.281. The van der Waals surface area contributed by atoms with Crippen molar-refractivity contribution in [2.45, 2.75) is 5.92 Å². The van der Waals surface area contributed by atoms with Gasteiger partial charge in [0.05, 0.1) is 16.8 Å². The second kappa shape index (κ2) is 8.10. The van der Waals surface area contributed by atoms with Crippen molar-refractivity contribution in [1.29, 1.82) is 0 Å². The van der Waals surface area contributed by atoms with Crippen LogP contribution in [0.25, 0.3) is 0 Å². The van der Waals surface area contributed by atoms with E-state index in [1.807, 2.05) is 36.4 Å². The molecule has 126 valence electrons. The second-order valence-corrected chi connectivity index (χ2v) is 6.32. The predicted octanol–water partition coefficient (Wildman–Crippen LogP) is 4.35. The van der Waals surface area contributed by atoms with Gasteiger partial charge in [0.1, 0.15) is 0 Å². The summed E-state index contributed by atoms with van der Waals surface area (Å²) >= 11 is 12.0. The van der Waals surface area contributed by atoms with Gasteiger partial charge < -0.3 is 5.32 Å². The highest BCUT2D eigenvalue weighted by molar-refractivity contribution is 6.36. The van der Waals surface area contributed by atoms with E-state index in [-0.39, 0.29) is 11.8 Å². The topological polar surface area (TPSA) is 54.9 Å². The van der Waals surface area contributed by atoms with E-state index in [1.165, 1.54) is 0 Å². The molecular formula is C19H15Cl2N3O. The van der Waals surface area contributed by atoms with Gasteiger partial charge in [0.15, 0.2) is 0 Å². The van der Waals surface area contributed by atoms with Crippen LogP contribution < -0.4 is 5.32 Å². The number of benzene rings is 2. The minimum Gasteiger partial charge on any atom is -0.351 e. The van der Waals surface area contributed by atoms with Crippen LogP contribution in [0, 0.1) is 0 Å². The summed E-state index contributed by atoms with van der Waals surface area (Å²) in [5.41, 5.74) is 2.45. The Morgan fingerprint density at radius 2 is 1.80 bits per heavy atom. The number of carbonyl (C=O) groups excluding carboxylic acids is 1. The number of hydrogen-bond donors (Lipinski definition) is 1. The first-order chi connectivity index (χ1) is 12.1. The summed E-state index contributed by atoms with van der Waals surface area (Å²) in [4.78, 5) is 12.5. The fourth-order valence-electron chi connectivity index (χ4n) is 2.58. The van der Waals surface area contributed by atoms with Crippen LogP contribution in [-0.4, -0.2) is 22.6 Å². The van der Waals surface area contributed by atoms with Crippen LogP contribution in [0.3, 0.4) is 0 Å². The molecule has 0 bridgehead atoms. The summed E-state index contributed by atoms with van der Waals surface area (Å²) in [6.45, 7) is 0.410. The monoisotopic (exact) mass is 371 g/mol. The third-order valence-electron chi connectivity index (χ3n) is 3.85.